The molecule has 0 N–H and O–H groups in total. The van der Waals surface area contributed by atoms with Gasteiger partial charge in [0.15, 0.2) is 6.61 Å². The summed E-state index contributed by atoms with van der Waals surface area (Å²) in [7, 11) is 0. The first-order valence-corrected chi connectivity index (χ1v) is 5.63. The standard InChI is InChI=1S/C13H10ClF2NO/c14-12-7-6-11(8-17-12)18-9-13(15,16)10-4-2-1-3-5-10/h1-8H,9H2. The molecule has 0 unspecified atom stereocenters. The number of pyridine rings is 1. The molecular weight excluding hydrogens is 260 g/mol. The molecule has 5 heteroatoms. The summed E-state index contributed by atoms with van der Waals surface area (Å²) in [6.07, 6.45) is 1.31. The first-order valence-electron chi connectivity index (χ1n) is 5.26. The van der Waals surface area contributed by atoms with Crippen molar-refractivity contribution in [2.45, 2.75) is 5.92 Å². The Hall–Kier alpha value is -1.68. The monoisotopic (exact) mass is 269 g/mol. The molecule has 1 aromatic heterocycles. The van der Waals surface area contributed by atoms with Gasteiger partial charge in [-0.2, -0.15) is 8.78 Å². The van der Waals surface area contributed by atoms with E-state index in [2.05, 4.69) is 4.98 Å². The van der Waals surface area contributed by atoms with E-state index in [1.165, 1.54) is 30.5 Å². The van der Waals surface area contributed by atoms with Crippen molar-refractivity contribution in [3.63, 3.8) is 0 Å². The van der Waals surface area contributed by atoms with E-state index in [0.717, 1.165) is 0 Å². The van der Waals surface area contributed by atoms with Crippen LogP contribution in [0.25, 0.3) is 0 Å². The maximum atomic E-state index is 13.7. The lowest BCUT2D eigenvalue weighted by atomic mass is 10.1. The minimum Gasteiger partial charge on any atom is -0.485 e. The SMILES string of the molecule is FC(F)(COc1ccc(Cl)nc1)c1ccccc1. The van der Waals surface area contributed by atoms with E-state index < -0.39 is 12.5 Å². The summed E-state index contributed by atoms with van der Waals surface area (Å²) < 4.78 is 32.5. The van der Waals surface area contributed by atoms with Crippen molar-refractivity contribution >= 4 is 11.6 Å². The predicted octanol–water partition coefficient (Wildman–Crippen LogP) is 3.91. The third-order valence-electron chi connectivity index (χ3n) is 2.32. The lowest BCUT2D eigenvalue weighted by molar-refractivity contribution is -0.0468. The molecule has 0 atom stereocenters. The van der Waals surface area contributed by atoms with Gasteiger partial charge in [-0.05, 0) is 12.1 Å². The zero-order valence-corrected chi connectivity index (χ0v) is 10.1. The fourth-order valence-corrected chi connectivity index (χ4v) is 1.50. The highest BCUT2D eigenvalue weighted by molar-refractivity contribution is 6.29. The molecule has 0 saturated carbocycles. The zero-order valence-electron chi connectivity index (χ0n) is 9.32. The molecule has 0 spiro atoms. The first-order chi connectivity index (χ1) is 8.58. The Morgan fingerprint density at radius 3 is 2.44 bits per heavy atom. The largest absolute Gasteiger partial charge is 0.485 e. The second-order valence-corrected chi connectivity index (χ2v) is 4.06. The summed E-state index contributed by atoms with van der Waals surface area (Å²) in [6, 6.07) is 10.5. The number of benzene rings is 1. The molecule has 0 bridgehead atoms. The van der Waals surface area contributed by atoms with E-state index >= 15 is 0 Å². The van der Waals surface area contributed by atoms with Crippen molar-refractivity contribution in [1.29, 1.82) is 0 Å². The third kappa shape index (κ3) is 3.17. The summed E-state index contributed by atoms with van der Waals surface area (Å²) in [4.78, 5) is 3.75. The molecule has 0 fully saturated rings. The molecule has 0 amide bonds. The van der Waals surface area contributed by atoms with Gasteiger partial charge in [-0.3, -0.25) is 0 Å². The number of aromatic nitrogens is 1. The highest BCUT2D eigenvalue weighted by Gasteiger charge is 2.32. The van der Waals surface area contributed by atoms with Crippen LogP contribution in [0.5, 0.6) is 5.75 Å². The maximum Gasteiger partial charge on any atom is 0.306 e. The summed E-state index contributed by atoms with van der Waals surface area (Å²) in [5.74, 6) is -2.78. The van der Waals surface area contributed by atoms with Gasteiger partial charge in [0.2, 0.25) is 0 Å². The summed E-state index contributed by atoms with van der Waals surface area (Å²) in [5, 5.41) is 0.289. The Morgan fingerprint density at radius 2 is 1.83 bits per heavy atom. The van der Waals surface area contributed by atoms with Crippen molar-refractivity contribution in [3.05, 3.63) is 59.4 Å². The topological polar surface area (TPSA) is 22.1 Å². The molecule has 2 nitrogen and oxygen atoms in total. The zero-order chi connectivity index (χ0) is 13.0. The Kier molecular flexibility index (Phi) is 3.77. The fourth-order valence-electron chi connectivity index (χ4n) is 1.39. The normalized spacial score (nSPS) is 11.3. The van der Waals surface area contributed by atoms with Crippen LogP contribution in [0.3, 0.4) is 0 Å². The molecule has 18 heavy (non-hydrogen) atoms. The molecule has 1 aromatic carbocycles. The van der Waals surface area contributed by atoms with Gasteiger partial charge in [-0.15, -0.1) is 0 Å². The van der Waals surface area contributed by atoms with Gasteiger partial charge in [0.25, 0.3) is 0 Å². The Bertz CT molecular complexity index is 502. The van der Waals surface area contributed by atoms with E-state index in [4.69, 9.17) is 16.3 Å². The highest BCUT2D eigenvalue weighted by atomic mass is 35.5. The molecule has 1 heterocycles. The van der Waals surface area contributed by atoms with Gasteiger partial charge in [0.1, 0.15) is 10.9 Å². The quantitative estimate of drug-likeness (QED) is 0.785. The molecule has 2 aromatic rings. The lowest BCUT2D eigenvalue weighted by Gasteiger charge is -2.17. The van der Waals surface area contributed by atoms with Gasteiger partial charge in [-0.25, -0.2) is 4.98 Å². The van der Waals surface area contributed by atoms with Gasteiger partial charge < -0.3 is 4.74 Å². The summed E-state index contributed by atoms with van der Waals surface area (Å²) in [6.45, 7) is -0.736. The minimum atomic E-state index is -3.04. The number of halogens is 3. The molecule has 0 radical (unpaired) electrons. The number of nitrogens with zero attached hydrogens (tertiary/aromatic N) is 1. The molecule has 0 aliphatic carbocycles. The van der Waals surface area contributed by atoms with E-state index in [9.17, 15) is 8.78 Å². The molecule has 0 aliphatic heterocycles. The molecule has 0 aliphatic rings. The number of hydrogen-bond donors (Lipinski definition) is 0. The Balaban J connectivity index is 2.03. The highest BCUT2D eigenvalue weighted by Crippen LogP contribution is 2.28. The summed E-state index contributed by atoms with van der Waals surface area (Å²) in [5.41, 5.74) is -0.0769. The van der Waals surface area contributed by atoms with Crippen molar-refractivity contribution in [3.8, 4) is 5.75 Å². The van der Waals surface area contributed by atoms with E-state index in [-0.39, 0.29) is 16.5 Å². The Morgan fingerprint density at radius 1 is 1.11 bits per heavy atom. The van der Waals surface area contributed by atoms with E-state index in [1.807, 2.05) is 0 Å². The number of hydrogen-bond acceptors (Lipinski definition) is 2. The van der Waals surface area contributed by atoms with Crippen molar-refractivity contribution in [2.75, 3.05) is 6.61 Å². The van der Waals surface area contributed by atoms with Crippen molar-refractivity contribution in [2.24, 2.45) is 0 Å². The third-order valence-corrected chi connectivity index (χ3v) is 2.54. The van der Waals surface area contributed by atoms with Crippen LogP contribution >= 0.6 is 11.6 Å². The van der Waals surface area contributed by atoms with E-state index in [1.54, 1.807) is 18.2 Å². The number of rotatable bonds is 4. The van der Waals surface area contributed by atoms with Crippen LogP contribution in [-0.4, -0.2) is 11.6 Å². The van der Waals surface area contributed by atoms with Crippen molar-refractivity contribution in [1.82, 2.24) is 4.98 Å². The molecular formula is C13H10ClF2NO. The average molecular weight is 270 g/mol. The van der Waals surface area contributed by atoms with E-state index in [0.29, 0.717) is 0 Å². The molecule has 2 rings (SSSR count). The summed E-state index contributed by atoms with van der Waals surface area (Å²) >= 11 is 5.58. The van der Waals surface area contributed by atoms with Crippen molar-refractivity contribution < 1.29 is 13.5 Å². The second kappa shape index (κ2) is 5.31. The van der Waals surface area contributed by atoms with Crippen LogP contribution in [0.1, 0.15) is 5.56 Å². The fraction of sp³-hybridized carbons (Fsp3) is 0.154. The van der Waals surface area contributed by atoms with Gasteiger partial charge >= 0.3 is 5.92 Å². The van der Waals surface area contributed by atoms with Crippen LogP contribution in [0.15, 0.2) is 48.7 Å². The first kappa shape index (κ1) is 12.8. The van der Waals surface area contributed by atoms with Crippen LogP contribution < -0.4 is 4.74 Å². The average Bonchev–Trinajstić information content (AvgIpc) is 2.39. The molecule has 0 saturated heterocycles. The maximum absolute atomic E-state index is 13.7. The Labute approximate surface area is 108 Å². The van der Waals surface area contributed by atoms with Crippen LogP contribution in [0.4, 0.5) is 8.78 Å². The number of ether oxygens (including phenoxy) is 1. The van der Waals surface area contributed by atoms with Crippen LogP contribution in [-0.2, 0) is 5.92 Å². The lowest BCUT2D eigenvalue weighted by Crippen LogP contribution is -2.23. The predicted molar refractivity (Wildman–Crippen MR) is 65.1 cm³/mol. The van der Waals surface area contributed by atoms with Crippen LogP contribution in [0.2, 0.25) is 5.15 Å². The second-order valence-electron chi connectivity index (χ2n) is 3.68. The van der Waals surface area contributed by atoms with Crippen LogP contribution in [0, 0.1) is 0 Å². The minimum absolute atomic E-state index is 0.0769. The van der Waals surface area contributed by atoms with Gasteiger partial charge in [0.05, 0.1) is 6.20 Å². The van der Waals surface area contributed by atoms with Gasteiger partial charge in [-0.1, -0.05) is 41.9 Å². The smallest absolute Gasteiger partial charge is 0.306 e. The number of alkyl halides is 2. The molecule has 94 valence electrons. The van der Waals surface area contributed by atoms with Gasteiger partial charge in [0, 0.05) is 5.56 Å².